The molecule has 2 aromatic heterocycles. The fourth-order valence-corrected chi connectivity index (χ4v) is 2.97. The number of rotatable bonds is 5. The molecule has 0 aliphatic rings. The number of pyridine rings is 1. The Kier molecular flexibility index (Phi) is 3.95. The molecule has 0 saturated carbocycles. The number of sulfonamides is 1. The lowest BCUT2D eigenvalue weighted by Gasteiger charge is -2.06. The molecule has 7 heteroatoms. The van der Waals surface area contributed by atoms with Crippen LogP contribution in [0.5, 0.6) is 0 Å². The summed E-state index contributed by atoms with van der Waals surface area (Å²) in [6, 6.07) is 5.03. The SMILES string of the molecule is CNc1ccc(S(=O)(=O)NCc2ccsc2)cn1. The van der Waals surface area contributed by atoms with Crippen LogP contribution < -0.4 is 10.0 Å². The van der Waals surface area contributed by atoms with Gasteiger partial charge in [0.25, 0.3) is 0 Å². The molecule has 0 aliphatic carbocycles. The van der Waals surface area contributed by atoms with Crippen molar-refractivity contribution in [2.24, 2.45) is 0 Å². The van der Waals surface area contributed by atoms with E-state index < -0.39 is 10.0 Å². The Morgan fingerprint density at radius 1 is 1.33 bits per heavy atom. The zero-order chi connectivity index (χ0) is 13.0. The van der Waals surface area contributed by atoms with Gasteiger partial charge in [0, 0.05) is 19.8 Å². The van der Waals surface area contributed by atoms with Crippen molar-refractivity contribution in [1.82, 2.24) is 9.71 Å². The molecule has 0 unspecified atom stereocenters. The maximum absolute atomic E-state index is 12.0. The lowest BCUT2D eigenvalue weighted by Crippen LogP contribution is -2.23. The van der Waals surface area contributed by atoms with E-state index in [-0.39, 0.29) is 4.90 Å². The minimum Gasteiger partial charge on any atom is -0.373 e. The van der Waals surface area contributed by atoms with E-state index in [2.05, 4.69) is 15.0 Å². The van der Waals surface area contributed by atoms with Gasteiger partial charge in [0.05, 0.1) is 0 Å². The molecule has 0 aliphatic heterocycles. The molecular formula is C11H13N3O2S2. The van der Waals surface area contributed by atoms with Crippen LogP contribution in [0.2, 0.25) is 0 Å². The molecule has 2 heterocycles. The van der Waals surface area contributed by atoms with Crippen molar-refractivity contribution in [3.05, 3.63) is 40.7 Å². The van der Waals surface area contributed by atoms with E-state index >= 15 is 0 Å². The summed E-state index contributed by atoms with van der Waals surface area (Å²) in [5, 5.41) is 6.65. The van der Waals surface area contributed by atoms with Crippen molar-refractivity contribution in [1.29, 1.82) is 0 Å². The Bertz CT molecular complexity index is 592. The van der Waals surface area contributed by atoms with Crippen molar-refractivity contribution < 1.29 is 8.42 Å². The number of anilines is 1. The van der Waals surface area contributed by atoms with Crippen LogP contribution in [0, 0.1) is 0 Å². The van der Waals surface area contributed by atoms with E-state index in [4.69, 9.17) is 0 Å². The topological polar surface area (TPSA) is 71.1 Å². The second-order valence-electron chi connectivity index (χ2n) is 3.59. The average molecular weight is 283 g/mol. The van der Waals surface area contributed by atoms with E-state index in [1.165, 1.54) is 23.6 Å². The molecule has 2 aromatic rings. The van der Waals surface area contributed by atoms with Gasteiger partial charge in [-0.2, -0.15) is 11.3 Å². The minimum atomic E-state index is -3.50. The molecule has 0 saturated heterocycles. The van der Waals surface area contributed by atoms with Gasteiger partial charge in [-0.1, -0.05) is 0 Å². The van der Waals surface area contributed by atoms with Gasteiger partial charge in [-0.05, 0) is 34.5 Å². The summed E-state index contributed by atoms with van der Waals surface area (Å²) < 4.78 is 26.5. The van der Waals surface area contributed by atoms with Crippen LogP contribution in [0.15, 0.2) is 40.1 Å². The third-order valence-electron chi connectivity index (χ3n) is 2.35. The van der Waals surface area contributed by atoms with Gasteiger partial charge in [-0.25, -0.2) is 18.1 Å². The average Bonchev–Trinajstić information content (AvgIpc) is 2.90. The zero-order valence-corrected chi connectivity index (χ0v) is 11.4. The Morgan fingerprint density at radius 2 is 2.17 bits per heavy atom. The molecule has 0 amide bonds. The second-order valence-corrected chi connectivity index (χ2v) is 6.13. The summed E-state index contributed by atoms with van der Waals surface area (Å²) in [7, 11) is -1.77. The van der Waals surface area contributed by atoms with Gasteiger partial charge in [-0.15, -0.1) is 0 Å². The normalized spacial score (nSPS) is 11.4. The standard InChI is InChI=1S/C11H13N3O2S2/c1-12-11-3-2-10(7-13-11)18(15,16)14-6-9-4-5-17-8-9/h2-5,7-8,14H,6H2,1H3,(H,12,13). The molecule has 2 rings (SSSR count). The molecule has 5 nitrogen and oxygen atoms in total. The highest BCUT2D eigenvalue weighted by atomic mass is 32.2. The first-order valence-electron chi connectivity index (χ1n) is 5.26. The fourth-order valence-electron chi connectivity index (χ4n) is 1.34. The fraction of sp³-hybridized carbons (Fsp3) is 0.182. The highest BCUT2D eigenvalue weighted by Crippen LogP contribution is 2.11. The monoisotopic (exact) mass is 283 g/mol. The van der Waals surface area contributed by atoms with Crippen molar-refractivity contribution in [2.45, 2.75) is 11.4 Å². The van der Waals surface area contributed by atoms with Gasteiger partial charge < -0.3 is 5.32 Å². The molecule has 2 N–H and O–H groups in total. The van der Waals surface area contributed by atoms with E-state index in [9.17, 15) is 8.42 Å². The Hall–Kier alpha value is -1.44. The number of thiophene rings is 1. The van der Waals surface area contributed by atoms with E-state index in [0.717, 1.165) is 5.56 Å². The van der Waals surface area contributed by atoms with Crippen LogP contribution in [-0.2, 0) is 16.6 Å². The van der Waals surface area contributed by atoms with Crippen molar-refractivity contribution in [3.63, 3.8) is 0 Å². The van der Waals surface area contributed by atoms with Gasteiger partial charge in [0.1, 0.15) is 10.7 Å². The summed E-state index contributed by atoms with van der Waals surface area (Å²) in [5.41, 5.74) is 0.948. The molecule has 0 radical (unpaired) electrons. The van der Waals surface area contributed by atoms with E-state index in [0.29, 0.717) is 12.4 Å². The lowest BCUT2D eigenvalue weighted by atomic mass is 10.4. The molecule has 0 bridgehead atoms. The van der Waals surface area contributed by atoms with Crippen LogP contribution >= 0.6 is 11.3 Å². The smallest absolute Gasteiger partial charge is 0.242 e. The van der Waals surface area contributed by atoms with Crippen molar-refractivity contribution >= 4 is 27.2 Å². The number of hydrogen-bond acceptors (Lipinski definition) is 5. The Morgan fingerprint density at radius 3 is 2.72 bits per heavy atom. The number of aromatic nitrogens is 1. The van der Waals surface area contributed by atoms with Gasteiger partial charge >= 0.3 is 0 Å². The summed E-state index contributed by atoms with van der Waals surface area (Å²) in [6.07, 6.45) is 1.34. The highest BCUT2D eigenvalue weighted by molar-refractivity contribution is 7.89. The van der Waals surface area contributed by atoms with Crippen LogP contribution in [0.1, 0.15) is 5.56 Å². The highest BCUT2D eigenvalue weighted by Gasteiger charge is 2.13. The van der Waals surface area contributed by atoms with Crippen LogP contribution in [0.25, 0.3) is 0 Å². The number of nitrogens with one attached hydrogen (secondary N) is 2. The number of hydrogen-bond donors (Lipinski definition) is 2. The predicted molar refractivity (Wildman–Crippen MR) is 72.1 cm³/mol. The van der Waals surface area contributed by atoms with E-state index in [1.54, 1.807) is 13.1 Å². The molecule has 0 atom stereocenters. The lowest BCUT2D eigenvalue weighted by molar-refractivity contribution is 0.581. The zero-order valence-electron chi connectivity index (χ0n) is 9.75. The predicted octanol–water partition coefficient (Wildman–Crippen LogP) is 1.66. The summed E-state index contributed by atoms with van der Waals surface area (Å²) in [5.74, 6) is 0.631. The molecule has 0 aromatic carbocycles. The van der Waals surface area contributed by atoms with Gasteiger partial charge in [0.15, 0.2) is 0 Å². The summed E-state index contributed by atoms with van der Waals surface area (Å²) in [6.45, 7) is 0.291. The van der Waals surface area contributed by atoms with Crippen LogP contribution in [-0.4, -0.2) is 20.4 Å². The first kappa shape index (κ1) is 13.0. The molecule has 0 spiro atoms. The van der Waals surface area contributed by atoms with Crippen LogP contribution in [0.3, 0.4) is 0 Å². The molecular weight excluding hydrogens is 270 g/mol. The molecule has 18 heavy (non-hydrogen) atoms. The minimum absolute atomic E-state index is 0.164. The van der Waals surface area contributed by atoms with Crippen molar-refractivity contribution in [2.75, 3.05) is 12.4 Å². The maximum Gasteiger partial charge on any atom is 0.242 e. The summed E-state index contributed by atoms with van der Waals surface area (Å²) in [4.78, 5) is 4.14. The second kappa shape index (κ2) is 5.47. The Labute approximate surface area is 110 Å². The first-order valence-corrected chi connectivity index (χ1v) is 7.69. The number of nitrogens with zero attached hydrogens (tertiary/aromatic N) is 1. The van der Waals surface area contributed by atoms with Gasteiger partial charge in [0.2, 0.25) is 10.0 Å². The summed E-state index contributed by atoms with van der Waals surface area (Å²) >= 11 is 1.54. The molecule has 96 valence electrons. The van der Waals surface area contributed by atoms with Crippen molar-refractivity contribution in [3.8, 4) is 0 Å². The van der Waals surface area contributed by atoms with E-state index in [1.807, 2.05) is 16.8 Å². The van der Waals surface area contributed by atoms with Crippen LogP contribution in [0.4, 0.5) is 5.82 Å². The first-order chi connectivity index (χ1) is 8.62. The largest absolute Gasteiger partial charge is 0.373 e. The third-order valence-corrected chi connectivity index (χ3v) is 4.47. The quantitative estimate of drug-likeness (QED) is 0.875. The third kappa shape index (κ3) is 3.06. The maximum atomic E-state index is 12.0. The Balaban J connectivity index is 2.09. The van der Waals surface area contributed by atoms with Gasteiger partial charge in [-0.3, -0.25) is 0 Å². The molecule has 0 fully saturated rings.